The summed E-state index contributed by atoms with van der Waals surface area (Å²) in [5.41, 5.74) is 18.7. The molecule has 0 aromatic heterocycles. The van der Waals surface area contributed by atoms with Gasteiger partial charge in [-0.2, -0.15) is 0 Å². The molecule has 0 heterocycles. The van der Waals surface area contributed by atoms with E-state index in [-0.39, 0.29) is 5.92 Å². The molecule has 4 aromatic rings. The normalized spacial score (nSPS) is 17.1. The van der Waals surface area contributed by atoms with Gasteiger partial charge in [-0.05, 0) is 115 Å². The zero-order valence-corrected chi connectivity index (χ0v) is 23.9. The van der Waals surface area contributed by atoms with Crippen molar-refractivity contribution < 1.29 is 4.74 Å². The number of nitrogen functional groups attached to an aromatic ring is 2. The summed E-state index contributed by atoms with van der Waals surface area (Å²) in [5, 5.41) is 0. The van der Waals surface area contributed by atoms with Crippen LogP contribution in [0.25, 0.3) is 0 Å². The van der Waals surface area contributed by atoms with Crippen molar-refractivity contribution in [3.8, 4) is 11.5 Å². The molecule has 208 valence electrons. The topological polar surface area (TPSA) is 61.3 Å². The minimum absolute atomic E-state index is 0.215. The molecular weight excluding hydrogens is 488 g/mol. The molecule has 0 bridgehead atoms. The Morgan fingerprint density at radius 3 is 1.70 bits per heavy atom. The third-order valence-electron chi connectivity index (χ3n) is 8.69. The molecule has 5 rings (SSSR count). The Hall–Kier alpha value is -3.72. The lowest BCUT2D eigenvalue weighted by Crippen LogP contribution is -2.13. The first-order valence-corrected chi connectivity index (χ1v) is 15.1. The first-order chi connectivity index (χ1) is 19.6. The van der Waals surface area contributed by atoms with Crippen molar-refractivity contribution in [2.45, 2.75) is 76.5 Å². The van der Waals surface area contributed by atoms with E-state index in [9.17, 15) is 0 Å². The molecule has 4 N–H and O–H groups in total. The number of rotatable bonds is 11. The van der Waals surface area contributed by atoms with Gasteiger partial charge in [-0.25, -0.2) is 0 Å². The molecule has 0 aliphatic heterocycles. The van der Waals surface area contributed by atoms with E-state index in [0.717, 1.165) is 35.2 Å². The second kappa shape index (κ2) is 13.6. The molecule has 40 heavy (non-hydrogen) atoms. The minimum Gasteiger partial charge on any atom is -0.457 e. The molecule has 0 radical (unpaired) electrons. The predicted octanol–water partition coefficient (Wildman–Crippen LogP) is 9.87. The van der Waals surface area contributed by atoms with Gasteiger partial charge in [-0.15, -0.1) is 0 Å². The van der Waals surface area contributed by atoms with Crippen molar-refractivity contribution in [3.05, 3.63) is 119 Å². The summed E-state index contributed by atoms with van der Waals surface area (Å²) in [6.45, 7) is 2.29. The summed E-state index contributed by atoms with van der Waals surface area (Å²) >= 11 is 0. The predicted molar refractivity (Wildman–Crippen MR) is 169 cm³/mol. The van der Waals surface area contributed by atoms with E-state index >= 15 is 0 Å². The van der Waals surface area contributed by atoms with Gasteiger partial charge in [0.25, 0.3) is 0 Å². The molecule has 1 saturated carbocycles. The molecule has 0 atom stereocenters. The molecule has 0 saturated heterocycles. The van der Waals surface area contributed by atoms with Crippen LogP contribution >= 0.6 is 0 Å². The zero-order chi connectivity index (χ0) is 27.7. The van der Waals surface area contributed by atoms with E-state index in [1.165, 1.54) is 73.6 Å². The van der Waals surface area contributed by atoms with Gasteiger partial charge in [-0.3, -0.25) is 0 Å². The summed E-state index contributed by atoms with van der Waals surface area (Å²) in [6.07, 6.45) is 11.8. The third kappa shape index (κ3) is 7.47. The van der Waals surface area contributed by atoms with Crippen molar-refractivity contribution in [3.63, 3.8) is 0 Å². The number of hydrogen-bond donors (Lipinski definition) is 2. The van der Waals surface area contributed by atoms with Gasteiger partial charge in [0.15, 0.2) is 0 Å². The molecule has 1 aliphatic rings. The SMILES string of the molecule is CCCCCC1CCC(c2ccc(Oc3ccc(CC(c4ccc(N)cc4)c4ccc(N)cc4)cc3)cc2)CC1. The third-order valence-corrected chi connectivity index (χ3v) is 8.69. The van der Waals surface area contributed by atoms with Crippen molar-refractivity contribution in [1.82, 2.24) is 0 Å². The highest BCUT2D eigenvalue weighted by Gasteiger charge is 2.22. The van der Waals surface area contributed by atoms with Crippen LogP contribution in [0.15, 0.2) is 97.1 Å². The van der Waals surface area contributed by atoms with E-state index < -0.39 is 0 Å². The molecule has 1 fully saturated rings. The summed E-state index contributed by atoms with van der Waals surface area (Å²) in [5.74, 6) is 3.62. The first-order valence-electron chi connectivity index (χ1n) is 15.1. The number of ether oxygens (including phenoxy) is 1. The van der Waals surface area contributed by atoms with Crippen LogP contribution < -0.4 is 16.2 Å². The van der Waals surface area contributed by atoms with Crippen molar-refractivity contribution >= 4 is 11.4 Å². The lowest BCUT2D eigenvalue weighted by Gasteiger charge is -2.29. The largest absolute Gasteiger partial charge is 0.457 e. The Balaban J connectivity index is 1.19. The quantitative estimate of drug-likeness (QED) is 0.149. The molecular formula is C37H44N2O. The number of nitrogens with two attached hydrogens (primary N) is 2. The summed E-state index contributed by atoms with van der Waals surface area (Å²) in [7, 11) is 0. The van der Waals surface area contributed by atoms with Crippen molar-refractivity contribution in [2.24, 2.45) is 5.92 Å². The lowest BCUT2D eigenvalue weighted by molar-refractivity contribution is 0.302. The van der Waals surface area contributed by atoms with Crippen LogP contribution in [0, 0.1) is 5.92 Å². The Morgan fingerprint density at radius 2 is 1.18 bits per heavy atom. The number of anilines is 2. The average Bonchev–Trinajstić information content (AvgIpc) is 2.99. The first kappa shape index (κ1) is 27.8. The molecule has 0 spiro atoms. The molecule has 1 aliphatic carbocycles. The molecule has 3 heteroatoms. The Morgan fingerprint density at radius 1 is 0.650 bits per heavy atom. The average molecular weight is 533 g/mol. The summed E-state index contributed by atoms with van der Waals surface area (Å²) in [4.78, 5) is 0. The standard InChI is InChI=1S/C37H44N2O/c1-2-3-4-5-27-6-10-29(11-7-27)30-16-24-36(25-17-30)40-35-22-8-28(9-23-35)26-37(31-12-18-33(38)19-13-31)32-14-20-34(39)21-15-32/h8-9,12-25,27,29,37H,2-7,10-11,26,38-39H2,1H3. The second-order valence-corrected chi connectivity index (χ2v) is 11.6. The fraction of sp³-hybridized carbons (Fsp3) is 0.351. The van der Waals surface area contributed by atoms with Crippen LogP contribution in [-0.2, 0) is 6.42 Å². The maximum Gasteiger partial charge on any atom is 0.127 e. The molecule has 0 amide bonds. The summed E-state index contributed by atoms with van der Waals surface area (Å²) < 4.78 is 6.22. The van der Waals surface area contributed by atoms with E-state index in [2.05, 4.69) is 79.7 Å². The van der Waals surface area contributed by atoms with E-state index in [1.54, 1.807) is 0 Å². The van der Waals surface area contributed by atoms with Gasteiger partial charge in [0.05, 0.1) is 0 Å². The van der Waals surface area contributed by atoms with Crippen LogP contribution in [0.4, 0.5) is 11.4 Å². The van der Waals surface area contributed by atoms with Gasteiger partial charge in [0.2, 0.25) is 0 Å². The van der Waals surface area contributed by atoms with Gasteiger partial charge < -0.3 is 16.2 Å². The van der Waals surface area contributed by atoms with Gasteiger partial charge in [0.1, 0.15) is 11.5 Å². The van der Waals surface area contributed by atoms with Gasteiger partial charge in [-0.1, -0.05) is 81.1 Å². The smallest absolute Gasteiger partial charge is 0.127 e. The van der Waals surface area contributed by atoms with Crippen molar-refractivity contribution in [1.29, 1.82) is 0 Å². The van der Waals surface area contributed by atoms with Crippen LogP contribution in [0.3, 0.4) is 0 Å². The minimum atomic E-state index is 0.215. The number of benzene rings is 4. The van der Waals surface area contributed by atoms with Gasteiger partial charge in [0, 0.05) is 17.3 Å². The highest BCUT2D eigenvalue weighted by molar-refractivity contribution is 5.47. The Kier molecular flexibility index (Phi) is 9.44. The maximum absolute atomic E-state index is 6.22. The van der Waals surface area contributed by atoms with Gasteiger partial charge >= 0.3 is 0 Å². The molecule has 4 aromatic carbocycles. The fourth-order valence-electron chi connectivity index (χ4n) is 6.23. The maximum atomic E-state index is 6.22. The molecule has 0 unspecified atom stereocenters. The van der Waals surface area contributed by atoms with Crippen LogP contribution in [0.5, 0.6) is 11.5 Å². The van der Waals surface area contributed by atoms with Crippen LogP contribution in [-0.4, -0.2) is 0 Å². The Bertz CT molecular complexity index is 1260. The van der Waals surface area contributed by atoms with Crippen LogP contribution in [0.1, 0.15) is 92.4 Å². The van der Waals surface area contributed by atoms with E-state index in [0.29, 0.717) is 5.92 Å². The van der Waals surface area contributed by atoms with Crippen LogP contribution in [0.2, 0.25) is 0 Å². The van der Waals surface area contributed by atoms with E-state index in [4.69, 9.17) is 16.2 Å². The highest BCUT2D eigenvalue weighted by Crippen LogP contribution is 2.38. The van der Waals surface area contributed by atoms with Crippen molar-refractivity contribution in [2.75, 3.05) is 11.5 Å². The Labute approximate surface area is 240 Å². The van der Waals surface area contributed by atoms with E-state index in [1.807, 2.05) is 24.3 Å². The monoisotopic (exact) mass is 532 g/mol. The number of unbranched alkanes of at least 4 members (excludes halogenated alkanes) is 2. The second-order valence-electron chi connectivity index (χ2n) is 11.6. The summed E-state index contributed by atoms with van der Waals surface area (Å²) in [6, 6.07) is 33.7. The highest BCUT2D eigenvalue weighted by atomic mass is 16.5. The fourth-order valence-corrected chi connectivity index (χ4v) is 6.23. The lowest BCUT2D eigenvalue weighted by atomic mass is 9.77. The molecule has 3 nitrogen and oxygen atoms in total. The number of hydrogen-bond acceptors (Lipinski definition) is 3. The zero-order valence-electron chi connectivity index (χ0n) is 23.9.